The van der Waals surface area contributed by atoms with Gasteiger partial charge in [0.15, 0.2) is 0 Å². The molecule has 2 heterocycles. The maximum Gasteiger partial charge on any atom is 0.222 e. The van der Waals surface area contributed by atoms with E-state index in [0.717, 1.165) is 38.4 Å². The van der Waals surface area contributed by atoms with E-state index in [1.807, 2.05) is 0 Å². The predicted molar refractivity (Wildman–Crippen MR) is 76.1 cm³/mol. The number of likely N-dealkylation sites (tertiary alicyclic amines) is 2. The lowest BCUT2D eigenvalue weighted by Gasteiger charge is -2.53. The Labute approximate surface area is 121 Å². The Balaban J connectivity index is 1.37. The van der Waals surface area contributed by atoms with Crippen LogP contribution in [0.2, 0.25) is 0 Å². The number of aliphatic hydroxyl groups is 1. The van der Waals surface area contributed by atoms with Crippen LogP contribution in [-0.4, -0.2) is 59.1 Å². The van der Waals surface area contributed by atoms with Crippen LogP contribution in [-0.2, 0) is 4.79 Å². The highest BCUT2D eigenvalue weighted by Gasteiger charge is 2.55. The summed E-state index contributed by atoms with van der Waals surface area (Å²) in [5, 5.41) is 9.48. The second-order valence-electron chi connectivity index (χ2n) is 7.72. The highest BCUT2D eigenvalue weighted by Crippen LogP contribution is 2.44. The molecule has 2 aliphatic heterocycles. The third kappa shape index (κ3) is 2.37. The molecular weight excluding hydrogens is 252 g/mol. The third-order valence-electron chi connectivity index (χ3n) is 5.74. The number of carbonyl (C=O) groups excluding carboxylic acids is 1. The van der Waals surface area contributed by atoms with Crippen LogP contribution in [0.5, 0.6) is 0 Å². The smallest absolute Gasteiger partial charge is 0.222 e. The molecule has 4 fully saturated rings. The van der Waals surface area contributed by atoms with Crippen LogP contribution in [0, 0.1) is 17.8 Å². The summed E-state index contributed by atoms with van der Waals surface area (Å²) in [7, 11) is 0. The molecule has 1 spiro atoms. The largest absolute Gasteiger partial charge is 0.396 e. The Morgan fingerprint density at radius 1 is 1.10 bits per heavy atom. The van der Waals surface area contributed by atoms with Gasteiger partial charge in [0.25, 0.3) is 0 Å². The first-order valence-electron chi connectivity index (χ1n) is 8.32. The van der Waals surface area contributed by atoms with E-state index in [1.54, 1.807) is 0 Å². The van der Waals surface area contributed by atoms with Gasteiger partial charge in [-0.15, -0.1) is 0 Å². The number of carbonyl (C=O) groups is 1. The van der Waals surface area contributed by atoms with E-state index in [9.17, 15) is 9.90 Å². The molecule has 0 aromatic heterocycles. The molecule has 1 atom stereocenters. The minimum atomic E-state index is 0.217. The fraction of sp³-hybridized carbons (Fsp3) is 0.938. The number of hydrogen-bond donors (Lipinski definition) is 1. The average molecular weight is 278 g/mol. The van der Waals surface area contributed by atoms with Crippen molar-refractivity contribution in [2.45, 2.75) is 44.1 Å². The topological polar surface area (TPSA) is 43.8 Å². The van der Waals surface area contributed by atoms with Crippen molar-refractivity contribution in [3.63, 3.8) is 0 Å². The number of rotatable bonds is 5. The Hall–Kier alpha value is -0.610. The van der Waals surface area contributed by atoms with Crippen molar-refractivity contribution in [3.05, 3.63) is 0 Å². The van der Waals surface area contributed by atoms with Crippen molar-refractivity contribution < 1.29 is 9.90 Å². The summed E-state index contributed by atoms with van der Waals surface area (Å²) >= 11 is 0. The lowest BCUT2D eigenvalue weighted by atomic mass is 9.84. The van der Waals surface area contributed by atoms with Crippen LogP contribution >= 0.6 is 0 Å². The zero-order valence-corrected chi connectivity index (χ0v) is 12.3. The molecule has 4 aliphatic rings. The van der Waals surface area contributed by atoms with Gasteiger partial charge in [0, 0.05) is 39.2 Å². The number of hydrogen-bond acceptors (Lipinski definition) is 3. The van der Waals surface area contributed by atoms with Crippen LogP contribution in [0.3, 0.4) is 0 Å². The molecule has 0 bridgehead atoms. The highest BCUT2D eigenvalue weighted by molar-refractivity contribution is 5.78. The molecule has 4 rings (SSSR count). The minimum Gasteiger partial charge on any atom is -0.396 e. The predicted octanol–water partition coefficient (Wildman–Crippen LogP) is 1.09. The van der Waals surface area contributed by atoms with Crippen molar-refractivity contribution in [3.8, 4) is 0 Å². The van der Waals surface area contributed by atoms with Crippen LogP contribution in [0.4, 0.5) is 0 Å². The minimum absolute atomic E-state index is 0.217. The Kier molecular flexibility index (Phi) is 3.08. The van der Waals surface area contributed by atoms with Gasteiger partial charge in [-0.05, 0) is 49.9 Å². The first-order chi connectivity index (χ1) is 9.68. The fourth-order valence-electron chi connectivity index (χ4n) is 4.11. The van der Waals surface area contributed by atoms with Gasteiger partial charge in [-0.1, -0.05) is 0 Å². The van der Waals surface area contributed by atoms with E-state index >= 15 is 0 Å². The van der Waals surface area contributed by atoms with Gasteiger partial charge >= 0.3 is 0 Å². The summed E-state index contributed by atoms with van der Waals surface area (Å²) < 4.78 is 0. The molecule has 0 aromatic carbocycles. The second kappa shape index (κ2) is 4.70. The summed E-state index contributed by atoms with van der Waals surface area (Å²) in [6.07, 6.45) is 7.13. The van der Waals surface area contributed by atoms with Crippen molar-refractivity contribution in [1.82, 2.24) is 9.80 Å². The third-order valence-corrected chi connectivity index (χ3v) is 5.74. The van der Waals surface area contributed by atoms with Gasteiger partial charge in [0.2, 0.25) is 5.91 Å². The normalized spacial score (nSPS) is 32.6. The standard InChI is InChI=1S/C16H26N2O2/c19-9-14-6-16(18(8-14)7-13-3-4-13)10-17(11-16)15(20)5-12-1-2-12/h12-14,19H,1-11H2. The van der Waals surface area contributed by atoms with Gasteiger partial charge in [-0.3, -0.25) is 9.69 Å². The fourth-order valence-corrected chi connectivity index (χ4v) is 4.11. The zero-order chi connectivity index (χ0) is 13.7. The summed E-state index contributed by atoms with van der Waals surface area (Å²) in [4.78, 5) is 16.8. The van der Waals surface area contributed by atoms with E-state index < -0.39 is 0 Å². The first kappa shape index (κ1) is 13.1. The number of amides is 1. The van der Waals surface area contributed by atoms with Crippen molar-refractivity contribution in [2.24, 2.45) is 17.8 Å². The molecular formula is C16H26N2O2. The molecule has 4 nitrogen and oxygen atoms in total. The van der Waals surface area contributed by atoms with Crippen LogP contribution in [0.15, 0.2) is 0 Å². The summed E-state index contributed by atoms with van der Waals surface area (Å²) in [5.41, 5.74) is 0.217. The molecule has 4 heteroatoms. The van der Waals surface area contributed by atoms with E-state index in [1.165, 1.54) is 32.2 Å². The van der Waals surface area contributed by atoms with Gasteiger partial charge in [-0.25, -0.2) is 0 Å². The second-order valence-corrected chi connectivity index (χ2v) is 7.72. The van der Waals surface area contributed by atoms with Crippen LogP contribution in [0.25, 0.3) is 0 Å². The van der Waals surface area contributed by atoms with Crippen molar-refractivity contribution in [2.75, 3.05) is 32.8 Å². The van der Waals surface area contributed by atoms with Gasteiger partial charge in [0.05, 0.1) is 5.54 Å². The Morgan fingerprint density at radius 3 is 2.40 bits per heavy atom. The van der Waals surface area contributed by atoms with Gasteiger partial charge < -0.3 is 10.0 Å². The summed E-state index contributed by atoms with van der Waals surface area (Å²) in [5.74, 6) is 2.38. The van der Waals surface area contributed by atoms with E-state index in [4.69, 9.17) is 0 Å². The number of aliphatic hydroxyl groups excluding tert-OH is 1. The maximum absolute atomic E-state index is 12.2. The van der Waals surface area contributed by atoms with Crippen molar-refractivity contribution >= 4 is 5.91 Å². The van der Waals surface area contributed by atoms with E-state index in [0.29, 0.717) is 24.3 Å². The van der Waals surface area contributed by atoms with E-state index in [2.05, 4.69) is 9.80 Å². The molecule has 1 unspecified atom stereocenters. The van der Waals surface area contributed by atoms with Crippen LogP contribution in [0.1, 0.15) is 38.5 Å². The zero-order valence-electron chi connectivity index (χ0n) is 12.3. The quantitative estimate of drug-likeness (QED) is 0.819. The molecule has 2 aliphatic carbocycles. The van der Waals surface area contributed by atoms with Gasteiger partial charge in [0.1, 0.15) is 0 Å². The molecule has 1 amide bonds. The SMILES string of the molecule is O=C(CC1CC1)N1CC2(CC(CO)CN2CC2CC2)C1. The Bertz CT molecular complexity index is 397. The highest BCUT2D eigenvalue weighted by atomic mass is 16.3. The first-order valence-corrected chi connectivity index (χ1v) is 8.32. The molecule has 1 N–H and O–H groups in total. The molecule has 112 valence electrons. The molecule has 2 saturated heterocycles. The monoisotopic (exact) mass is 278 g/mol. The van der Waals surface area contributed by atoms with Crippen LogP contribution < -0.4 is 0 Å². The number of nitrogens with zero attached hydrogens (tertiary/aromatic N) is 2. The van der Waals surface area contributed by atoms with E-state index in [-0.39, 0.29) is 5.54 Å². The molecule has 0 radical (unpaired) electrons. The molecule has 0 aromatic rings. The lowest BCUT2D eigenvalue weighted by molar-refractivity contribution is -0.144. The van der Waals surface area contributed by atoms with Gasteiger partial charge in [-0.2, -0.15) is 0 Å². The Morgan fingerprint density at radius 2 is 1.80 bits per heavy atom. The lowest BCUT2D eigenvalue weighted by Crippen LogP contribution is -2.69. The maximum atomic E-state index is 12.2. The van der Waals surface area contributed by atoms with Crippen molar-refractivity contribution in [1.29, 1.82) is 0 Å². The molecule has 20 heavy (non-hydrogen) atoms. The molecule has 2 saturated carbocycles. The average Bonchev–Trinajstić information content (AvgIpc) is 3.28. The summed E-state index contributed by atoms with van der Waals surface area (Å²) in [6, 6.07) is 0. The summed E-state index contributed by atoms with van der Waals surface area (Å²) in [6.45, 7) is 4.38.